The van der Waals surface area contributed by atoms with Gasteiger partial charge in [-0.2, -0.15) is 5.26 Å². The number of hydrogen-bond donors (Lipinski definition) is 3. The smallest absolute Gasteiger partial charge is 0.144 e. The molecule has 164 valence electrons. The average molecular weight is 448 g/mol. The van der Waals surface area contributed by atoms with Crippen LogP contribution in [-0.2, 0) is 6.54 Å². The van der Waals surface area contributed by atoms with Crippen LogP contribution in [0.25, 0.3) is 11.1 Å². The molecule has 3 N–H and O–H groups in total. The van der Waals surface area contributed by atoms with Crippen molar-refractivity contribution >= 4 is 28.2 Å². The summed E-state index contributed by atoms with van der Waals surface area (Å²) in [5, 5.41) is 12.5. The lowest BCUT2D eigenvalue weighted by Crippen LogP contribution is -2.32. The van der Waals surface area contributed by atoms with Gasteiger partial charge in [-0.15, -0.1) is 0 Å². The summed E-state index contributed by atoms with van der Waals surface area (Å²) in [6, 6.07) is 19.8. The molecule has 2 aliphatic rings. The first-order valence-electron chi connectivity index (χ1n) is 10.6. The normalized spacial score (nSPS) is 17.6. The van der Waals surface area contributed by atoms with E-state index in [9.17, 15) is 14.4 Å². The average Bonchev–Trinajstić information content (AvgIpc) is 3.62. The molecule has 0 amide bonds. The number of fused-ring (bicyclic) bond motifs is 1. The fourth-order valence-corrected chi connectivity index (χ4v) is 5.53. The topological polar surface area (TPSA) is 95.7 Å². The minimum absolute atomic E-state index is 0.514. The van der Waals surface area contributed by atoms with E-state index in [0.717, 1.165) is 40.9 Å². The van der Waals surface area contributed by atoms with Crippen molar-refractivity contribution in [2.75, 3.05) is 27.5 Å². The van der Waals surface area contributed by atoms with E-state index in [1.54, 1.807) is 34.0 Å². The molecular formula is C24H25N5O2S. The second-order valence-electron chi connectivity index (χ2n) is 8.26. The Kier molecular flexibility index (Phi) is 5.18. The zero-order valence-corrected chi connectivity index (χ0v) is 18.6. The van der Waals surface area contributed by atoms with Crippen molar-refractivity contribution in [3.8, 4) is 17.2 Å². The molecule has 32 heavy (non-hydrogen) atoms. The Balaban J connectivity index is 1.39. The highest BCUT2D eigenvalue weighted by atomic mass is 32.3. The minimum Gasteiger partial charge on any atom is -0.365 e. The second kappa shape index (κ2) is 8.02. The Morgan fingerprint density at radius 3 is 2.69 bits per heavy atom. The first-order valence-corrected chi connectivity index (χ1v) is 12.1. The van der Waals surface area contributed by atoms with Crippen LogP contribution in [0.4, 0.5) is 17.2 Å². The Morgan fingerprint density at radius 2 is 1.91 bits per heavy atom. The zero-order valence-electron chi connectivity index (χ0n) is 17.8. The van der Waals surface area contributed by atoms with Gasteiger partial charge in [-0.1, -0.05) is 24.3 Å². The molecule has 5 rings (SSSR count). The number of aromatic nitrogens is 1. The molecule has 1 fully saturated rings. The molecule has 1 aliphatic carbocycles. The van der Waals surface area contributed by atoms with E-state index < -0.39 is 11.0 Å². The van der Waals surface area contributed by atoms with Crippen molar-refractivity contribution in [1.82, 2.24) is 4.98 Å². The number of nitriles is 1. The monoisotopic (exact) mass is 447 g/mol. The number of benzene rings is 2. The number of rotatable bonds is 6. The number of hydrogen-bond acceptors (Lipinski definition) is 7. The minimum atomic E-state index is -3.01. The van der Waals surface area contributed by atoms with E-state index in [2.05, 4.69) is 22.4 Å². The molecular weight excluding hydrogens is 422 g/mol. The summed E-state index contributed by atoms with van der Waals surface area (Å²) in [4.78, 5) is 4.25. The Bertz CT molecular complexity index is 1200. The molecule has 0 saturated heterocycles. The molecule has 3 aromatic rings. The molecule has 0 spiro atoms. The third kappa shape index (κ3) is 3.75. The van der Waals surface area contributed by atoms with Gasteiger partial charge in [0.05, 0.1) is 16.9 Å². The van der Waals surface area contributed by atoms with Crippen molar-refractivity contribution in [2.24, 2.45) is 5.92 Å². The van der Waals surface area contributed by atoms with Crippen LogP contribution in [0.2, 0.25) is 0 Å². The highest BCUT2D eigenvalue weighted by Crippen LogP contribution is 2.61. The maximum absolute atomic E-state index is 10.8. The molecule has 1 aromatic heterocycles. The number of nitrogens with one attached hydrogen (secondary N) is 1. The standard InChI is InChI=1S/C24H25N5O2S/c1-28-23-13-20(9-10-22(23)29(32(28,30)31)16-17-7-8-17)19-5-2-4-18(12-19)15-27-24-21(14-25)6-3-11-26-24/h2-6,9-13,17,30-31H,7-8,15-16H2,1H3,(H,26,27). The van der Waals surface area contributed by atoms with E-state index in [1.807, 2.05) is 36.4 Å². The number of nitrogens with zero attached hydrogens (tertiary/aromatic N) is 4. The van der Waals surface area contributed by atoms with Gasteiger partial charge in [0.1, 0.15) is 11.9 Å². The summed E-state index contributed by atoms with van der Waals surface area (Å²) < 4.78 is 25.0. The lowest BCUT2D eigenvalue weighted by atomic mass is 10.0. The molecule has 1 saturated carbocycles. The SMILES string of the molecule is CN1c2cc(-c3cccc(CNc4ncccc4C#N)c3)ccc2N(CC2CC2)S1(O)O. The van der Waals surface area contributed by atoms with Gasteiger partial charge in [0, 0.05) is 26.3 Å². The van der Waals surface area contributed by atoms with Gasteiger partial charge in [-0.05, 0) is 76.7 Å². The van der Waals surface area contributed by atoms with Crippen LogP contribution in [0.3, 0.4) is 0 Å². The molecule has 7 nitrogen and oxygen atoms in total. The first kappa shape index (κ1) is 20.6. The van der Waals surface area contributed by atoms with E-state index >= 15 is 0 Å². The Labute approximate surface area is 189 Å². The summed E-state index contributed by atoms with van der Waals surface area (Å²) in [6.45, 7) is 1.22. The van der Waals surface area contributed by atoms with Crippen LogP contribution in [0.5, 0.6) is 0 Å². The lowest BCUT2D eigenvalue weighted by Gasteiger charge is -2.42. The Hall–Kier alpha value is -3.25. The summed E-state index contributed by atoms with van der Waals surface area (Å²) in [7, 11) is -1.27. The van der Waals surface area contributed by atoms with Crippen LogP contribution >= 0.6 is 11.0 Å². The zero-order chi connectivity index (χ0) is 22.3. The summed E-state index contributed by atoms with van der Waals surface area (Å²) >= 11 is 0. The van der Waals surface area contributed by atoms with Crippen LogP contribution in [0.15, 0.2) is 60.8 Å². The van der Waals surface area contributed by atoms with Crippen molar-refractivity contribution in [3.05, 3.63) is 71.9 Å². The first-order chi connectivity index (χ1) is 15.5. The van der Waals surface area contributed by atoms with Gasteiger partial charge in [-0.25, -0.2) is 4.98 Å². The summed E-state index contributed by atoms with van der Waals surface area (Å²) in [5.41, 5.74) is 5.33. The lowest BCUT2D eigenvalue weighted by molar-refractivity contribution is 0.481. The van der Waals surface area contributed by atoms with Gasteiger partial charge >= 0.3 is 0 Å². The van der Waals surface area contributed by atoms with Gasteiger partial charge in [0.15, 0.2) is 0 Å². The third-order valence-electron chi connectivity index (χ3n) is 6.02. The quantitative estimate of drug-likeness (QED) is 0.460. The highest BCUT2D eigenvalue weighted by Gasteiger charge is 2.41. The maximum atomic E-state index is 10.8. The largest absolute Gasteiger partial charge is 0.365 e. The van der Waals surface area contributed by atoms with Gasteiger partial charge < -0.3 is 5.32 Å². The van der Waals surface area contributed by atoms with Crippen molar-refractivity contribution in [1.29, 1.82) is 5.26 Å². The van der Waals surface area contributed by atoms with Crippen molar-refractivity contribution in [2.45, 2.75) is 19.4 Å². The molecule has 0 atom stereocenters. The van der Waals surface area contributed by atoms with Crippen molar-refractivity contribution < 1.29 is 9.11 Å². The predicted octanol–water partition coefficient (Wildman–Crippen LogP) is 5.48. The van der Waals surface area contributed by atoms with Crippen LogP contribution in [0.1, 0.15) is 24.0 Å². The summed E-state index contributed by atoms with van der Waals surface area (Å²) in [6.07, 6.45) is 3.97. The van der Waals surface area contributed by atoms with E-state index in [4.69, 9.17) is 0 Å². The van der Waals surface area contributed by atoms with E-state index in [1.165, 1.54) is 0 Å². The number of pyridine rings is 1. The van der Waals surface area contributed by atoms with Gasteiger partial charge in [-0.3, -0.25) is 17.7 Å². The number of anilines is 3. The van der Waals surface area contributed by atoms with Crippen LogP contribution < -0.4 is 13.9 Å². The maximum Gasteiger partial charge on any atom is 0.144 e. The summed E-state index contributed by atoms with van der Waals surface area (Å²) in [5.74, 6) is 1.12. The van der Waals surface area contributed by atoms with Gasteiger partial charge in [0.2, 0.25) is 0 Å². The fraction of sp³-hybridized carbons (Fsp3) is 0.250. The molecule has 0 radical (unpaired) electrons. The third-order valence-corrected chi connectivity index (χ3v) is 7.88. The molecule has 0 unspecified atom stereocenters. The Morgan fingerprint density at radius 1 is 1.09 bits per heavy atom. The second-order valence-corrected chi connectivity index (χ2v) is 10.2. The molecule has 8 heteroatoms. The van der Waals surface area contributed by atoms with Crippen LogP contribution in [0, 0.1) is 17.2 Å². The molecule has 2 heterocycles. The van der Waals surface area contributed by atoms with E-state index in [0.29, 0.717) is 30.4 Å². The fourth-order valence-electron chi connectivity index (χ4n) is 3.99. The van der Waals surface area contributed by atoms with Crippen molar-refractivity contribution in [3.63, 3.8) is 0 Å². The molecule has 0 bridgehead atoms. The molecule has 2 aromatic carbocycles. The predicted molar refractivity (Wildman–Crippen MR) is 129 cm³/mol. The van der Waals surface area contributed by atoms with E-state index in [-0.39, 0.29) is 0 Å². The van der Waals surface area contributed by atoms with Crippen LogP contribution in [-0.4, -0.2) is 27.7 Å². The van der Waals surface area contributed by atoms with Gasteiger partial charge in [0.25, 0.3) is 0 Å². The molecule has 1 aliphatic heterocycles. The highest BCUT2D eigenvalue weighted by molar-refractivity contribution is 8.26.